The lowest BCUT2D eigenvalue weighted by Crippen LogP contribution is -2.01. The van der Waals surface area contributed by atoms with E-state index >= 15 is 0 Å². The number of hydrogen-bond acceptors (Lipinski definition) is 8. The highest BCUT2D eigenvalue weighted by Crippen LogP contribution is 2.11. The first-order valence-corrected chi connectivity index (χ1v) is 15.2. The van der Waals surface area contributed by atoms with Crippen LogP contribution < -0.4 is 10.6 Å². The van der Waals surface area contributed by atoms with E-state index in [1.807, 2.05) is 72.8 Å². The topological polar surface area (TPSA) is 139 Å². The summed E-state index contributed by atoms with van der Waals surface area (Å²) in [4.78, 5) is 22.7. The van der Waals surface area contributed by atoms with Gasteiger partial charge in [-0.15, -0.1) is 0 Å². The van der Waals surface area contributed by atoms with Crippen LogP contribution in [0, 0.1) is 0 Å². The van der Waals surface area contributed by atoms with E-state index in [1.165, 1.54) is 0 Å². The van der Waals surface area contributed by atoms with E-state index in [1.54, 1.807) is 104 Å². The van der Waals surface area contributed by atoms with E-state index in [-0.39, 0.29) is 70.7 Å². The van der Waals surface area contributed by atoms with Crippen molar-refractivity contribution in [2.75, 3.05) is 10.6 Å². The smallest absolute Gasteiger partial charge is 0.187 e. The molecule has 258 valence electrons. The van der Waals surface area contributed by atoms with E-state index in [0.717, 1.165) is 11.4 Å². The molecule has 2 aromatic carbocycles. The fourth-order valence-corrected chi connectivity index (χ4v) is 2.59. The number of nitrogens with one attached hydrogen (secondary N) is 2. The molecule has 0 saturated carbocycles. The molecule has 2 aliphatic carbocycles. The Kier molecular flexibility index (Phi) is 36.1. The molecule has 2 aliphatic rings. The molecule has 0 aromatic heterocycles. The minimum absolute atomic E-state index is 0. The van der Waals surface area contributed by atoms with Crippen molar-refractivity contribution in [3.05, 3.63) is 133 Å². The van der Waals surface area contributed by atoms with Crippen LogP contribution in [0.4, 0.5) is 11.4 Å². The third-order valence-electron chi connectivity index (χ3n) is 4.17. The molecule has 6 radical (unpaired) electrons. The standard InChI is InChI=1S/2C13H11NO.4C3H8O.2Al/c2*15-13-9-5-4-6-11(13)10-14-12-7-2-1-3-8-12;4*1-3(2)4;;/h2*1-10,14H;4*3-4H,1-2H3;;. The normalized spacial score (nSPS) is 13.7. The molecule has 6 N–H and O–H groups in total. The van der Waals surface area contributed by atoms with Gasteiger partial charge in [0.25, 0.3) is 0 Å². The molecule has 0 amide bonds. The van der Waals surface area contributed by atoms with Gasteiger partial charge in [0, 0.05) is 94.1 Å². The predicted octanol–water partition coefficient (Wildman–Crippen LogP) is 6.14. The fourth-order valence-electron chi connectivity index (χ4n) is 2.59. The van der Waals surface area contributed by atoms with Crippen LogP contribution in [0.5, 0.6) is 0 Å². The van der Waals surface area contributed by atoms with Crippen molar-refractivity contribution >= 4 is 57.7 Å². The molecule has 4 rings (SSSR count). The van der Waals surface area contributed by atoms with E-state index in [4.69, 9.17) is 20.4 Å². The van der Waals surface area contributed by atoms with Gasteiger partial charge in [-0.05, 0) is 104 Å². The van der Waals surface area contributed by atoms with Gasteiger partial charge in [-0.3, -0.25) is 9.59 Å². The van der Waals surface area contributed by atoms with Crippen molar-refractivity contribution in [2.45, 2.75) is 79.8 Å². The second kappa shape index (κ2) is 33.6. The SMILES string of the molecule is CC(C)O.CC(C)O.CC(C)O.CC(C)O.O=C1C=CC=CC1=CNc1ccccc1.O=C1C=CC=CC1=CNc1ccccc1.[Al].[Al]. The van der Waals surface area contributed by atoms with Crippen LogP contribution in [-0.4, -0.2) is 91.1 Å². The molecule has 0 spiro atoms. The van der Waals surface area contributed by atoms with Crippen molar-refractivity contribution in [2.24, 2.45) is 0 Å². The first-order chi connectivity index (χ1) is 21.6. The summed E-state index contributed by atoms with van der Waals surface area (Å²) in [5.41, 5.74) is 3.28. The number of carbonyl (C=O) groups is 2. The van der Waals surface area contributed by atoms with Gasteiger partial charge in [-0.2, -0.15) is 0 Å². The van der Waals surface area contributed by atoms with Crippen molar-refractivity contribution in [3.8, 4) is 0 Å². The molecule has 0 heterocycles. The van der Waals surface area contributed by atoms with Gasteiger partial charge < -0.3 is 31.1 Å². The molecule has 48 heavy (non-hydrogen) atoms. The van der Waals surface area contributed by atoms with Crippen LogP contribution in [0.25, 0.3) is 0 Å². The average Bonchev–Trinajstić information content (AvgIpc) is 2.97. The number of aliphatic hydroxyl groups is 4. The number of aliphatic hydroxyl groups excluding tert-OH is 4. The monoisotopic (exact) mass is 688 g/mol. The molecule has 8 nitrogen and oxygen atoms in total. The molecule has 0 saturated heterocycles. The fraction of sp³-hybridized carbons (Fsp3) is 0.316. The molecule has 0 fully saturated rings. The van der Waals surface area contributed by atoms with Gasteiger partial charge in [0.15, 0.2) is 11.6 Å². The van der Waals surface area contributed by atoms with Crippen LogP contribution in [0.1, 0.15) is 55.4 Å². The Bertz CT molecular complexity index is 1150. The van der Waals surface area contributed by atoms with Crippen LogP contribution in [-0.2, 0) is 9.59 Å². The largest absolute Gasteiger partial charge is 0.394 e. The van der Waals surface area contributed by atoms with E-state index < -0.39 is 0 Å². The molecular formula is C38H54Al2N2O6. The Labute approximate surface area is 309 Å². The molecule has 2 aromatic rings. The highest BCUT2D eigenvalue weighted by molar-refractivity contribution is 6.08. The Balaban J connectivity index is -0.000000273. The maximum absolute atomic E-state index is 11.4. The Hall–Kier alpha value is -3.28. The number of para-hydroxylation sites is 2. The average molecular weight is 689 g/mol. The zero-order valence-corrected chi connectivity index (χ0v) is 31.9. The van der Waals surface area contributed by atoms with Crippen molar-refractivity contribution < 1.29 is 30.0 Å². The molecular weight excluding hydrogens is 634 g/mol. The Morgan fingerprint density at radius 1 is 0.458 bits per heavy atom. The summed E-state index contributed by atoms with van der Waals surface area (Å²) in [5, 5.41) is 38.4. The maximum atomic E-state index is 11.4. The van der Waals surface area contributed by atoms with Crippen molar-refractivity contribution in [1.82, 2.24) is 0 Å². The van der Waals surface area contributed by atoms with Crippen LogP contribution >= 0.6 is 0 Å². The van der Waals surface area contributed by atoms with Gasteiger partial charge in [-0.1, -0.05) is 60.7 Å². The minimum Gasteiger partial charge on any atom is -0.394 e. The summed E-state index contributed by atoms with van der Waals surface area (Å²) in [7, 11) is 0. The van der Waals surface area contributed by atoms with Crippen LogP contribution in [0.2, 0.25) is 0 Å². The molecule has 0 aliphatic heterocycles. The molecule has 0 bridgehead atoms. The Morgan fingerprint density at radius 2 is 0.688 bits per heavy atom. The summed E-state index contributed by atoms with van der Waals surface area (Å²) in [6, 6.07) is 19.5. The number of rotatable bonds is 4. The Morgan fingerprint density at radius 3 is 0.917 bits per heavy atom. The number of ketones is 2. The molecule has 10 heteroatoms. The number of allylic oxidation sites excluding steroid dienone is 10. The summed E-state index contributed by atoms with van der Waals surface area (Å²) in [6.45, 7) is 13.8. The summed E-state index contributed by atoms with van der Waals surface area (Å²) in [5.74, 6) is 0.0573. The predicted molar refractivity (Wildman–Crippen MR) is 204 cm³/mol. The third kappa shape index (κ3) is 37.2. The summed E-state index contributed by atoms with van der Waals surface area (Å²) >= 11 is 0. The first kappa shape index (κ1) is 51.6. The summed E-state index contributed by atoms with van der Waals surface area (Å²) < 4.78 is 0. The number of hydrogen-bond donors (Lipinski definition) is 6. The van der Waals surface area contributed by atoms with Gasteiger partial charge >= 0.3 is 0 Å². The number of anilines is 2. The van der Waals surface area contributed by atoms with Gasteiger partial charge in [-0.25, -0.2) is 0 Å². The molecule has 0 atom stereocenters. The van der Waals surface area contributed by atoms with E-state index in [0.29, 0.717) is 11.1 Å². The molecule has 0 unspecified atom stereocenters. The highest BCUT2D eigenvalue weighted by Gasteiger charge is 2.05. The lowest BCUT2D eigenvalue weighted by molar-refractivity contribution is -0.111. The lowest BCUT2D eigenvalue weighted by Gasteiger charge is -2.03. The number of carbonyl (C=O) groups excluding carboxylic acids is 2. The zero-order valence-electron chi connectivity index (χ0n) is 29.6. The lowest BCUT2D eigenvalue weighted by atomic mass is 10.1. The van der Waals surface area contributed by atoms with Gasteiger partial charge in [0.05, 0.1) is 0 Å². The quantitative estimate of drug-likeness (QED) is 0.166. The zero-order chi connectivity index (χ0) is 35.3. The first-order valence-electron chi connectivity index (χ1n) is 15.2. The van der Waals surface area contributed by atoms with Crippen LogP contribution in [0.3, 0.4) is 0 Å². The minimum atomic E-state index is -0.167. The van der Waals surface area contributed by atoms with Crippen LogP contribution in [0.15, 0.2) is 133 Å². The van der Waals surface area contributed by atoms with Gasteiger partial charge in [0.2, 0.25) is 0 Å². The second-order valence-corrected chi connectivity index (χ2v) is 10.8. The van der Waals surface area contributed by atoms with Crippen molar-refractivity contribution in [1.29, 1.82) is 0 Å². The maximum Gasteiger partial charge on any atom is 0.187 e. The van der Waals surface area contributed by atoms with E-state index in [2.05, 4.69) is 10.6 Å². The third-order valence-corrected chi connectivity index (χ3v) is 4.17. The number of benzene rings is 2. The highest BCUT2D eigenvalue weighted by atomic mass is 27.0. The van der Waals surface area contributed by atoms with E-state index in [9.17, 15) is 9.59 Å². The summed E-state index contributed by atoms with van der Waals surface area (Å²) in [6.07, 6.45) is 16.6. The second-order valence-electron chi connectivity index (χ2n) is 10.8. The van der Waals surface area contributed by atoms with Gasteiger partial charge in [0.1, 0.15) is 0 Å². The van der Waals surface area contributed by atoms with Crippen molar-refractivity contribution in [3.63, 3.8) is 0 Å².